The monoisotopic (exact) mass is 335 g/mol. The Morgan fingerprint density at radius 1 is 1.42 bits per heavy atom. The molecule has 2 atom stereocenters. The smallest absolute Gasteiger partial charge is 0.328 e. The number of amides is 2. The van der Waals surface area contributed by atoms with Gasteiger partial charge in [0.15, 0.2) is 0 Å². The minimum atomic E-state index is -0.943. The van der Waals surface area contributed by atoms with E-state index in [9.17, 15) is 24.5 Å². The second-order valence-electron chi connectivity index (χ2n) is 5.37. The average Bonchev–Trinajstić information content (AvgIpc) is 3.00. The molecule has 9 heteroatoms. The van der Waals surface area contributed by atoms with Crippen LogP contribution in [0.3, 0.4) is 0 Å². The maximum absolute atomic E-state index is 12.1. The van der Waals surface area contributed by atoms with Gasteiger partial charge in [-0.25, -0.2) is 4.79 Å². The Morgan fingerprint density at radius 3 is 2.58 bits per heavy atom. The van der Waals surface area contributed by atoms with Crippen molar-refractivity contribution in [3.63, 3.8) is 0 Å². The lowest BCUT2D eigenvalue weighted by Crippen LogP contribution is -2.49. The lowest BCUT2D eigenvalue weighted by Gasteiger charge is -2.19. The fourth-order valence-corrected chi connectivity index (χ4v) is 2.41. The van der Waals surface area contributed by atoms with E-state index in [2.05, 4.69) is 15.4 Å². The highest BCUT2D eigenvalue weighted by Crippen LogP contribution is 2.14. The van der Waals surface area contributed by atoms with Crippen molar-refractivity contribution in [3.8, 4) is 0 Å². The highest BCUT2D eigenvalue weighted by molar-refractivity contribution is 5.93. The second kappa shape index (κ2) is 7.53. The number of carbonyl (C=O) groups is 3. The predicted molar refractivity (Wildman–Crippen MR) is 81.9 cm³/mol. The van der Waals surface area contributed by atoms with Crippen molar-refractivity contribution in [2.45, 2.75) is 31.3 Å². The summed E-state index contributed by atoms with van der Waals surface area (Å²) < 4.78 is 4.68. The molecular formula is C15H17N3O6. The van der Waals surface area contributed by atoms with Crippen LogP contribution >= 0.6 is 0 Å². The van der Waals surface area contributed by atoms with Gasteiger partial charge in [0, 0.05) is 25.0 Å². The maximum Gasteiger partial charge on any atom is 0.328 e. The topological polar surface area (TPSA) is 128 Å². The second-order valence-corrected chi connectivity index (χ2v) is 5.37. The lowest BCUT2D eigenvalue weighted by molar-refractivity contribution is -0.384. The van der Waals surface area contributed by atoms with Gasteiger partial charge in [-0.2, -0.15) is 0 Å². The number of nitrogens with zero attached hydrogens (tertiary/aromatic N) is 1. The van der Waals surface area contributed by atoms with Crippen LogP contribution in [-0.4, -0.2) is 41.9 Å². The van der Waals surface area contributed by atoms with Gasteiger partial charge in [-0.3, -0.25) is 19.7 Å². The van der Waals surface area contributed by atoms with Crippen LogP contribution in [0.4, 0.5) is 5.69 Å². The van der Waals surface area contributed by atoms with Crippen molar-refractivity contribution in [2.24, 2.45) is 0 Å². The Labute approximate surface area is 137 Å². The number of hydrogen-bond donors (Lipinski definition) is 2. The van der Waals surface area contributed by atoms with Gasteiger partial charge in [-0.1, -0.05) is 12.1 Å². The Kier molecular flexibility index (Phi) is 5.46. The molecule has 1 aromatic carbocycles. The van der Waals surface area contributed by atoms with Crippen molar-refractivity contribution in [1.82, 2.24) is 10.6 Å². The standard InChI is InChI=1S/C15H17N3O6/c1-24-15(21)12(17-14(20)11-6-7-13(19)16-11)8-9-2-4-10(5-3-9)18(22)23/h2-5,11-12H,6-8H2,1H3,(H,16,19)(H,17,20)/t11-,12-/m0/s1. The van der Waals surface area contributed by atoms with E-state index in [1.54, 1.807) is 0 Å². The third-order valence-electron chi connectivity index (χ3n) is 3.70. The first-order valence-electron chi connectivity index (χ1n) is 7.31. The van der Waals surface area contributed by atoms with Crippen molar-refractivity contribution in [1.29, 1.82) is 0 Å². The summed E-state index contributed by atoms with van der Waals surface area (Å²) in [5, 5.41) is 15.7. The van der Waals surface area contributed by atoms with E-state index < -0.39 is 28.9 Å². The van der Waals surface area contributed by atoms with Crippen LogP contribution in [0.5, 0.6) is 0 Å². The van der Waals surface area contributed by atoms with Crippen LogP contribution in [-0.2, 0) is 25.5 Å². The van der Waals surface area contributed by atoms with Crippen LogP contribution in [0.1, 0.15) is 18.4 Å². The summed E-state index contributed by atoms with van der Waals surface area (Å²) in [5.41, 5.74) is 0.567. The van der Waals surface area contributed by atoms with E-state index in [0.29, 0.717) is 12.0 Å². The van der Waals surface area contributed by atoms with E-state index in [1.807, 2.05) is 0 Å². The van der Waals surface area contributed by atoms with Crippen LogP contribution in [0, 0.1) is 10.1 Å². The molecule has 1 aliphatic heterocycles. The number of ether oxygens (including phenoxy) is 1. The molecule has 2 N–H and O–H groups in total. The highest BCUT2D eigenvalue weighted by Gasteiger charge is 2.30. The molecule has 0 radical (unpaired) electrons. The van der Waals surface area contributed by atoms with Gasteiger partial charge < -0.3 is 15.4 Å². The number of nitro groups is 1. The quantitative estimate of drug-likeness (QED) is 0.430. The third-order valence-corrected chi connectivity index (χ3v) is 3.70. The van der Waals surface area contributed by atoms with Gasteiger partial charge in [0.25, 0.3) is 5.69 Å². The first-order chi connectivity index (χ1) is 11.4. The zero-order valence-corrected chi connectivity index (χ0v) is 13.0. The molecular weight excluding hydrogens is 318 g/mol. The number of rotatable bonds is 6. The largest absolute Gasteiger partial charge is 0.467 e. The molecule has 2 rings (SSSR count). The number of methoxy groups -OCH3 is 1. The normalized spacial score (nSPS) is 17.7. The first kappa shape index (κ1) is 17.4. The van der Waals surface area contributed by atoms with E-state index in [4.69, 9.17) is 0 Å². The zero-order chi connectivity index (χ0) is 17.7. The van der Waals surface area contributed by atoms with Crippen molar-refractivity contribution >= 4 is 23.5 Å². The molecule has 1 aromatic rings. The molecule has 0 spiro atoms. The summed E-state index contributed by atoms with van der Waals surface area (Å²) in [5.74, 6) is -1.30. The highest BCUT2D eigenvalue weighted by atomic mass is 16.6. The first-order valence-corrected chi connectivity index (χ1v) is 7.31. The SMILES string of the molecule is COC(=O)[C@H](Cc1ccc([N+](=O)[O-])cc1)NC(=O)[C@@H]1CCC(=O)N1. The van der Waals surface area contributed by atoms with Crippen molar-refractivity contribution < 1.29 is 24.0 Å². The Hall–Kier alpha value is -2.97. The molecule has 9 nitrogen and oxygen atoms in total. The summed E-state index contributed by atoms with van der Waals surface area (Å²) in [7, 11) is 1.20. The lowest BCUT2D eigenvalue weighted by atomic mass is 10.0. The number of esters is 1. The number of nitrogens with one attached hydrogen (secondary N) is 2. The fraction of sp³-hybridized carbons (Fsp3) is 0.400. The predicted octanol–water partition coefficient (Wildman–Crippen LogP) is 0.0737. The Bertz CT molecular complexity index is 658. The molecule has 0 saturated carbocycles. The van der Waals surface area contributed by atoms with Crippen molar-refractivity contribution in [3.05, 3.63) is 39.9 Å². The number of carbonyl (C=O) groups excluding carboxylic acids is 3. The van der Waals surface area contributed by atoms with E-state index in [-0.39, 0.29) is 24.4 Å². The van der Waals surface area contributed by atoms with E-state index in [0.717, 1.165) is 0 Å². The molecule has 1 aliphatic rings. The molecule has 0 aromatic heterocycles. The fourth-order valence-electron chi connectivity index (χ4n) is 2.41. The zero-order valence-electron chi connectivity index (χ0n) is 13.0. The van der Waals surface area contributed by atoms with Crippen LogP contribution in [0.2, 0.25) is 0 Å². The number of nitro benzene ring substituents is 1. The van der Waals surface area contributed by atoms with Crippen molar-refractivity contribution in [2.75, 3.05) is 7.11 Å². The summed E-state index contributed by atoms with van der Waals surface area (Å²) in [6, 6.07) is 4.06. The van der Waals surface area contributed by atoms with Gasteiger partial charge >= 0.3 is 5.97 Å². The number of benzene rings is 1. The molecule has 0 unspecified atom stereocenters. The van der Waals surface area contributed by atoms with Gasteiger partial charge in [-0.15, -0.1) is 0 Å². The Balaban J connectivity index is 2.05. The average molecular weight is 335 g/mol. The van der Waals surface area contributed by atoms with E-state index in [1.165, 1.54) is 31.4 Å². The molecule has 128 valence electrons. The van der Waals surface area contributed by atoms with E-state index >= 15 is 0 Å². The van der Waals surface area contributed by atoms with Gasteiger partial charge in [0.1, 0.15) is 12.1 Å². The summed E-state index contributed by atoms with van der Waals surface area (Å²) >= 11 is 0. The third kappa shape index (κ3) is 4.28. The maximum atomic E-state index is 12.1. The van der Waals surface area contributed by atoms with Gasteiger partial charge in [0.2, 0.25) is 11.8 Å². The molecule has 1 fully saturated rings. The summed E-state index contributed by atoms with van der Waals surface area (Å²) in [4.78, 5) is 45.3. The van der Waals surface area contributed by atoms with Crippen LogP contribution in [0.25, 0.3) is 0 Å². The molecule has 24 heavy (non-hydrogen) atoms. The number of non-ortho nitro benzene ring substituents is 1. The molecule has 0 bridgehead atoms. The minimum Gasteiger partial charge on any atom is -0.467 e. The van der Waals surface area contributed by atoms with Crippen LogP contribution < -0.4 is 10.6 Å². The molecule has 1 heterocycles. The molecule has 2 amide bonds. The summed E-state index contributed by atoms with van der Waals surface area (Å²) in [6.07, 6.45) is 0.760. The summed E-state index contributed by atoms with van der Waals surface area (Å²) in [6.45, 7) is 0. The minimum absolute atomic E-state index is 0.0638. The molecule has 0 aliphatic carbocycles. The van der Waals surface area contributed by atoms with Crippen LogP contribution in [0.15, 0.2) is 24.3 Å². The Morgan fingerprint density at radius 2 is 2.08 bits per heavy atom. The van der Waals surface area contributed by atoms with Gasteiger partial charge in [-0.05, 0) is 12.0 Å². The number of hydrogen-bond acceptors (Lipinski definition) is 6. The van der Waals surface area contributed by atoms with Gasteiger partial charge in [0.05, 0.1) is 12.0 Å². The molecule has 1 saturated heterocycles.